The molecule has 1 aromatic carbocycles. The number of nitro benzene ring substituents is 1. The number of nitro groups is 1. The summed E-state index contributed by atoms with van der Waals surface area (Å²) in [5.41, 5.74) is 1.17. The van der Waals surface area contributed by atoms with E-state index >= 15 is 0 Å². The van der Waals surface area contributed by atoms with Crippen LogP contribution in [0.1, 0.15) is 25.7 Å². The third kappa shape index (κ3) is 3.28. The van der Waals surface area contributed by atoms with Crippen molar-refractivity contribution in [3.05, 3.63) is 34.4 Å². The van der Waals surface area contributed by atoms with E-state index in [1.54, 1.807) is 18.2 Å². The predicted octanol–water partition coefficient (Wildman–Crippen LogP) is 2.56. The minimum Gasteiger partial charge on any atom is -0.369 e. The summed E-state index contributed by atoms with van der Waals surface area (Å²) in [6.45, 7) is 3.08. The minimum absolute atomic E-state index is 0.183. The molecule has 0 aromatic heterocycles. The Hall–Kier alpha value is -1.62. The summed E-state index contributed by atoms with van der Waals surface area (Å²) in [6, 6.07) is 7.57. The number of hydrogen-bond donors (Lipinski definition) is 1. The minimum atomic E-state index is -0.313. The van der Waals surface area contributed by atoms with Gasteiger partial charge in [0.15, 0.2) is 0 Å². The van der Waals surface area contributed by atoms with Crippen molar-refractivity contribution in [2.75, 3.05) is 24.5 Å². The molecule has 1 atom stereocenters. The van der Waals surface area contributed by atoms with E-state index in [1.807, 2.05) is 6.07 Å². The highest BCUT2D eigenvalue weighted by atomic mass is 16.6. The van der Waals surface area contributed by atoms with Crippen LogP contribution in [0.3, 0.4) is 0 Å². The van der Waals surface area contributed by atoms with Crippen LogP contribution in [0.4, 0.5) is 11.4 Å². The molecule has 1 aromatic rings. The molecule has 1 aliphatic heterocycles. The monoisotopic (exact) mass is 275 g/mol. The Kier molecular flexibility index (Phi) is 3.87. The number of benzene rings is 1. The van der Waals surface area contributed by atoms with E-state index in [2.05, 4.69) is 10.2 Å². The molecule has 5 heteroatoms. The van der Waals surface area contributed by atoms with Gasteiger partial charge in [-0.25, -0.2) is 0 Å². The highest BCUT2D eigenvalue weighted by Crippen LogP contribution is 2.32. The lowest BCUT2D eigenvalue weighted by molar-refractivity contribution is -0.384. The summed E-state index contributed by atoms with van der Waals surface area (Å²) in [7, 11) is 0. The van der Waals surface area contributed by atoms with E-state index in [9.17, 15) is 10.1 Å². The van der Waals surface area contributed by atoms with Crippen molar-refractivity contribution in [1.82, 2.24) is 5.32 Å². The molecule has 5 nitrogen and oxygen atoms in total. The lowest BCUT2D eigenvalue weighted by Crippen LogP contribution is -2.38. The van der Waals surface area contributed by atoms with Gasteiger partial charge in [0, 0.05) is 37.0 Å². The fraction of sp³-hybridized carbons (Fsp3) is 0.600. The Bertz CT molecular complexity index is 482. The molecule has 2 fully saturated rings. The first kappa shape index (κ1) is 13.4. The predicted molar refractivity (Wildman–Crippen MR) is 79.1 cm³/mol. The lowest BCUT2D eigenvalue weighted by Gasteiger charge is -2.28. The van der Waals surface area contributed by atoms with Crippen LogP contribution in [0.2, 0.25) is 0 Å². The zero-order valence-electron chi connectivity index (χ0n) is 11.6. The average molecular weight is 275 g/mol. The lowest BCUT2D eigenvalue weighted by atomic mass is 10.1. The van der Waals surface area contributed by atoms with Crippen LogP contribution in [-0.2, 0) is 0 Å². The molecule has 1 aliphatic carbocycles. The van der Waals surface area contributed by atoms with Crippen LogP contribution in [0, 0.1) is 16.0 Å². The number of rotatable bonds is 6. The summed E-state index contributed by atoms with van der Waals surface area (Å²) in [5.74, 6) is 0.774. The van der Waals surface area contributed by atoms with Crippen molar-refractivity contribution >= 4 is 11.4 Å². The Morgan fingerprint density at radius 3 is 2.80 bits per heavy atom. The highest BCUT2D eigenvalue weighted by Gasteiger charge is 2.27. The zero-order valence-corrected chi connectivity index (χ0v) is 11.6. The Morgan fingerprint density at radius 1 is 1.30 bits per heavy atom. The maximum Gasteiger partial charge on any atom is 0.271 e. The van der Waals surface area contributed by atoms with Gasteiger partial charge in [-0.05, 0) is 44.2 Å². The summed E-state index contributed by atoms with van der Waals surface area (Å²) >= 11 is 0. The van der Waals surface area contributed by atoms with E-state index in [1.165, 1.54) is 25.7 Å². The zero-order chi connectivity index (χ0) is 13.9. The van der Waals surface area contributed by atoms with Gasteiger partial charge in [0.1, 0.15) is 0 Å². The SMILES string of the molecule is O=[N+]([O-])c1cccc(N(CC2CC2)CC2CCCN2)c1. The molecular weight excluding hydrogens is 254 g/mol. The normalized spacial score (nSPS) is 21.9. The quantitative estimate of drug-likeness (QED) is 0.640. The van der Waals surface area contributed by atoms with Crippen LogP contribution < -0.4 is 10.2 Å². The highest BCUT2D eigenvalue weighted by molar-refractivity contribution is 5.53. The van der Waals surface area contributed by atoms with Crippen molar-refractivity contribution in [2.24, 2.45) is 5.92 Å². The van der Waals surface area contributed by atoms with E-state index in [-0.39, 0.29) is 10.6 Å². The third-order valence-corrected chi connectivity index (χ3v) is 4.18. The fourth-order valence-electron chi connectivity index (χ4n) is 2.88. The largest absolute Gasteiger partial charge is 0.369 e. The number of hydrogen-bond acceptors (Lipinski definition) is 4. The molecule has 108 valence electrons. The Labute approximate surface area is 119 Å². The van der Waals surface area contributed by atoms with E-state index in [0.717, 1.165) is 31.2 Å². The standard InChI is InChI=1S/C15H21N3O2/c19-18(20)15-5-1-4-14(9-15)17(10-12-6-7-12)11-13-3-2-8-16-13/h1,4-5,9,12-13,16H,2-3,6-8,10-11H2. The molecule has 3 rings (SSSR count). The van der Waals surface area contributed by atoms with Crippen molar-refractivity contribution in [3.8, 4) is 0 Å². The van der Waals surface area contributed by atoms with Gasteiger partial charge in [-0.1, -0.05) is 6.07 Å². The Morgan fingerprint density at radius 2 is 2.15 bits per heavy atom. The molecule has 1 heterocycles. The first-order chi connectivity index (χ1) is 9.72. The number of nitrogens with one attached hydrogen (secondary N) is 1. The topological polar surface area (TPSA) is 58.4 Å². The van der Waals surface area contributed by atoms with Crippen molar-refractivity contribution in [1.29, 1.82) is 0 Å². The van der Waals surface area contributed by atoms with Crippen LogP contribution in [0.15, 0.2) is 24.3 Å². The summed E-state index contributed by atoms with van der Waals surface area (Å²) in [5, 5.41) is 14.4. The van der Waals surface area contributed by atoms with Crippen molar-refractivity contribution in [2.45, 2.75) is 31.7 Å². The first-order valence-corrected chi connectivity index (χ1v) is 7.45. The second-order valence-corrected chi connectivity index (χ2v) is 5.92. The second kappa shape index (κ2) is 5.79. The number of anilines is 1. The maximum atomic E-state index is 10.9. The van der Waals surface area contributed by atoms with Gasteiger partial charge in [0.2, 0.25) is 0 Å². The average Bonchev–Trinajstić information content (AvgIpc) is 3.12. The number of non-ortho nitro benzene ring substituents is 1. The van der Waals surface area contributed by atoms with Crippen molar-refractivity contribution < 1.29 is 4.92 Å². The summed E-state index contributed by atoms with van der Waals surface area (Å²) in [4.78, 5) is 12.9. The van der Waals surface area contributed by atoms with Gasteiger partial charge in [-0.3, -0.25) is 10.1 Å². The maximum absolute atomic E-state index is 10.9. The van der Waals surface area contributed by atoms with E-state index < -0.39 is 0 Å². The summed E-state index contributed by atoms with van der Waals surface area (Å²) in [6.07, 6.45) is 5.03. The number of nitrogens with zero attached hydrogens (tertiary/aromatic N) is 2. The molecule has 0 radical (unpaired) electrons. The molecule has 0 bridgehead atoms. The van der Waals surface area contributed by atoms with Gasteiger partial charge in [0.05, 0.1) is 4.92 Å². The van der Waals surface area contributed by atoms with Crippen molar-refractivity contribution in [3.63, 3.8) is 0 Å². The molecule has 0 amide bonds. The first-order valence-electron chi connectivity index (χ1n) is 7.45. The van der Waals surface area contributed by atoms with Gasteiger partial charge < -0.3 is 10.2 Å². The molecule has 1 saturated heterocycles. The van der Waals surface area contributed by atoms with Crippen LogP contribution >= 0.6 is 0 Å². The van der Waals surface area contributed by atoms with Gasteiger partial charge in [0.25, 0.3) is 5.69 Å². The third-order valence-electron chi connectivity index (χ3n) is 4.18. The van der Waals surface area contributed by atoms with E-state index in [0.29, 0.717) is 6.04 Å². The van der Waals surface area contributed by atoms with Crippen LogP contribution in [0.5, 0.6) is 0 Å². The van der Waals surface area contributed by atoms with Gasteiger partial charge in [-0.15, -0.1) is 0 Å². The smallest absolute Gasteiger partial charge is 0.271 e. The fourth-order valence-corrected chi connectivity index (χ4v) is 2.88. The molecule has 2 aliphatic rings. The molecule has 1 N–H and O–H groups in total. The summed E-state index contributed by atoms with van der Waals surface area (Å²) < 4.78 is 0. The molecular formula is C15H21N3O2. The van der Waals surface area contributed by atoms with Crippen LogP contribution in [-0.4, -0.2) is 30.6 Å². The molecule has 1 unspecified atom stereocenters. The molecule has 1 saturated carbocycles. The molecule has 20 heavy (non-hydrogen) atoms. The van der Waals surface area contributed by atoms with Crippen LogP contribution in [0.25, 0.3) is 0 Å². The van der Waals surface area contributed by atoms with E-state index in [4.69, 9.17) is 0 Å². The second-order valence-electron chi connectivity index (χ2n) is 5.92. The molecule has 0 spiro atoms. The Balaban J connectivity index is 1.75. The van der Waals surface area contributed by atoms with Gasteiger partial charge >= 0.3 is 0 Å². The van der Waals surface area contributed by atoms with Gasteiger partial charge in [-0.2, -0.15) is 0 Å².